The number of aromatic hydroxyl groups is 2. The quantitative estimate of drug-likeness (QED) is 0.238. The third-order valence-electron chi connectivity index (χ3n) is 10.8. The number of rotatable bonds is 8. The van der Waals surface area contributed by atoms with Gasteiger partial charge in [-0.15, -0.1) is 0 Å². The van der Waals surface area contributed by atoms with E-state index in [2.05, 4.69) is 31.9 Å². The number of hydrogen-bond acceptors (Lipinski definition) is 9. The highest BCUT2D eigenvalue weighted by Gasteiger charge is 2.44. The summed E-state index contributed by atoms with van der Waals surface area (Å²) in [6.45, 7) is 2.65. The summed E-state index contributed by atoms with van der Waals surface area (Å²) in [5, 5.41) is 20.2. The van der Waals surface area contributed by atoms with Crippen molar-refractivity contribution in [3.8, 4) is 23.0 Å². The van der Waals surface area contributed by atoms with Gasteiger partial charge in [0.2, 0.25) is 12.8 Å². The molecule has 11 nitrogen and oxygen atoms in total. The van der Waals surface area contributed by atoms with Crippen LogP contribution in [0.25, 0.3) is 0 Å². The molecule has 2 atom stereocenters. The molecule has 51 heavy (non-hydrogen) atoms. The van der Waals surface area contributed by atoms with Crippen molar-refractivity contribution >= 4 is 50.5 Å². The molecule has 2 aromatic rings. The molecule has 3 aliphatic heterocycles. The van der Waals surface area contributed by atoms with E-state index >= 15 is 0 Å². The summed E-state index contributed by atoms with van der Waals surface area (Å²) >= 11 is 7.09. The highest BCUT2D eigenvalue weighted by molar-refractivity contribution is 9.10. The van der Waals surface area contributed by atoms with Crippen molar-refractivity contribution in [2.45, 2.75) is 82.1 Å². The lowest BCUT2D eigenvalue weighted by molar-refractivity contribution is -0.165. The number of phenols is 2. The Bertz CT molecular complexity index is 1740. The monoisotopic (exact) mass is 830 g/mol. The van der Waals surface area contributed by atoms with Gasteiger partial charge in [-0.2, -0.15) is 0 Å². The SMILES string of the molecule is COc1cc(Br)c(CC2C3=C(CCN2C=O)CC(=O)CC3)cc1O.COc1cc(Br)c(CC2C3=C(CCN2C=O)CC2(CC3)OCCO2)cc1O. The summed E-state index contributed by atoms with van der Waals surface area (Å²) in [7, 11) is 3.03. The van der Waals surface area contributed by atoms with Gasteiger partial charge in [-0.1, -0.05) is 43.0 Å². The van der Waals surface area contributed by atoms with Crippen LogP contribution in [0.15, 0.2) is 55.5 Å². The zero-order valence-electron chi connectivity index (χ0n) is 28.9. The molecular weight excluding hydrogens is 788 g/mol. The number of nitrogens with zero attached hydrogens (tertiary/aromatic N) is 2. The first-order chi connectivity index (χ1) is 24.6. The van der Waals surface area contributed by atoms with E-state index in [1.54, 1.807) is 24.3 Å². The van der Waals surface area contributed by atoms with Crippen LogP contribution in [0.1, 0.15) is 62.5 Å². The van der Waals surface area contributed by atoms with Crippen molar-refractivity contribution in [3.05, 3.63) is 66.6 Å². The minimum Gasteiger partial charge on any atom is -0.504 e. The third kappa shape index (κ3) is 8.01. The first-order valence-corrected chi connectivity index (χ1v) is 18.9. The van der Waals surface area contributed by atoms with Gasteiger partial charge in [-0.3, -0.25) is 14.4 Å². The van der Waals surface area contributed by atoms with Crippen molar-refractivity contribution < 1.29 is 43.5 Å². The molecule has 0 bridgehead atoms. The Morgan fingerprint density at radius 2 is 1.29 bits per heavy atom. The Kier molecular flexibility index (Phi) is 11.8. The molecule has 1 fully saturated rings. The lowest BCUT2D eigenvalue weighted by atomic mass is 9.78. The maximum Gasteiger partial charge on any atom is 0.210 e. The number of carbonyl (C=O) groups is 3. The van der Waals surface area contributed by atoms with Crippen molar-refractivity contribution in [1.29, 1.82) is 0 Å². The third-order valence-corrected chi connectivity index (χ3v) is 12.3. The molecule has 5 aliphatic rings. The van der Waals surface area contributed by atoms with Crippen LogP contribution in [0.4, 0.5) is 0 Å². The molecule has 2 aromatic carbocycles. The number of amides is 2. The van der Waals surface area contributed by atoms with Gasteiger partial charge in [0.05, 0.1) is 39.5 Å². The van der Waals surface area contributed by atoms with Gasteiger partial charge in [0.1, 0.15) is 5.78 Å². The second-order valence-electron chi connectivity index (χ2n) is 13.6. The molecular formula is C38H44Br2N2O9. The molecule has 0 aromatic heterocycles. The Morgan fingerprint density at radius 1 is 0.784 bits per heavy atom. The van der Waals surface area contributed by atoms with Crippen LogP contribution in [0, 0.1) is 0 Å². The average molecular weight is 833 g/mol. The second-order valence-corrected chi connectivity index (χ2v) is 15.3. The van der Waals surface area contributed by atoms with Gasteiger partial charge in [-0.25, -0.2) is 0 Å². The van der Waals surface area contributed by atoms with Gasteiger partial charge in [0.25, 0.3) is 0 Å². The highest BCUT2D eigenvalue weighted by atomic mass is 79.9. The van der Waals surface area contributed by atoms with Crippen molar-refractivity contribution in [2.75, 3.05) is 40.5 Å². The molecule has 3 heterocycles. The van der Waals surface area contributed by atoms with E-state index in [4.69, 9.17) is 18.9 Å². The lowest BCUT2D eigenvalue weighted by Gasteiger charge is -2.43. The molecule has 7 rings (SSSR count). The zero-order chi connectivity index (χ0) is 36.3. The van der Waals surface area contributed by atoms with Crippen LogP contribution in [-0.4, -0.2) is 97.0 Å². The molecule has 0 radical (unpaired) electrons. The van der Waals surface area contributed by atoms with Crippen molar-refractivity contribution in [3.63, 3.8) is 0 Å². The van der Waals surface area contributed by atoms with Gasteiger partial charge in [0, 0.05) is 47.7 Å². The fourth-order valence-corrected chi connectivity index (χ4v) is 9.14. The number of methoxy groups -OCH3 is 2. The van der Waals surface area contributed by atoms with E-state index in [1.807, 2.05) is 9.80 Å². The number of phenolic OH excluding ortho intramolecular Hbond substituents is 2. The van der Waals surface area contributed by atoms with Crippen LogP contribution in [-0.2, 0) is 36.7 Å². The molecule has 2 unspecified atom stereocenters. The summed E-state index contributed by atoms with van der Waals surface area (Å²) in [5.74, 6) is 0.855. The number of halogens is 2. The van der Waals surface area contributed by atoms with Crippen LogP contribution in [0.3, 0.4) is 0 Å². The maximum absolute atomic E-state index is 11.7. The topological polar surface area (TPSA) is 135 Å². The van der Waals surface area contributed by atoms with Gasteiger partial charge >= 0.3 is 0 Å². The average Bonchev–Trinajstić information content (AvgIpc) is 3.58. The summed E-state index contributed by atoms with van der Waals surface area (Å²) in [5.41, 5.74) is 6.96. The van der Waals surface area contributed by atoms with E-state index in [0.29, 0.717) is 63.5 Å². The van der Waals surface area contributed by atoms with E-state index in [1.165, 1.54) is 36.5 Å². The van der Waals surface area contributed by atoms with Gasteiger partial charge < -0.3 is 39.0 Å². The molecule has 1 spiro atoms. The Morgan fingerprint density at radius 3 is 1.80 bits per heavy atom. The minimum absolute atomic E-state index is 0.00546. The predicted molar refractivity (Wildman–Crippen MR) is 196 cm³/mol. The number of carbonyl (C=O) groups excluding carboxylic acids is 3. The van der Waals surface area contributed by atoms with E-state index < -0.39 is 5.79 Å². The normalized spacial score (nSPS) is 22.6. The number of ether oxygens (including phenoxy) is 4. The van der Waals surface area contributed by atoms with Crippen molar-refractivity contribution in [1.82, 2.24) is 9.80 Å². The molecule has 1 saturated heterocycles. The fraction of sp³-hybridized carbons (Fsp3) is 0.500. The summed E-state index contributed by atoms with van der Waals surface area (Å²) in [4.78, 5) is 38.6. The number of Topliss-reactive ketones (excluding diaryl/α,β-unsaturated/α-hetero) is 1. The highest BCUT2D eigenvalue weighted by Crippen LogP contribution is 2.45. The smallest absolute Gasteiger partial charge is 0.210 e. The molecule has 2 aliphatic carbocycles. The standard InChI is InChI=1S/C20H24BrNO5.C18H20BrNO4/c1-25-19-10-16(21)14(9-18(19)24)8-17-15-2-4-20(26-6-7-27-20)11-13(15)3-5-22(17)12-23;1-24-18-9-15(19)12(8-17(18)23)7-16-14-3-2-13(22)6-11(14)4-5-20(16)10-21/h9-10,12,17,24H,2-8,11H2,1H3;8-10,16,23H,2-7H2,1H3. The molecule has 2 amide bonds. The summed E-state index contributed by atoms with van der Waals surface area (Å²) < 4.78 is 23.8. The molecule has 13 heteroatoms. The number of hydrogen-bond donors (Lipinski definition) is 2. The lowest BCUT2D eigenvalue weighted by Crippen LogP contribution is -2.46. The number of benzene rings is 2. The van der Waals surface area contributed by atoms with Gasteiger partial charge in [-0.05, 0) is 85.1 Å². The minimum atomic E-state index is -0.453. The summed E-state index contributed by atoms with van der Waals surface area (Å²) in [6, 6.07) is 6.84. The first kappa shape index (κ1) is 37.4. The zero-order valence-corrected chi connectivity index (χ0v) is 32.1. The molecule has 274 valence electrons. The van der Waals surface area contributed by atoms with Crippen LogP contribution >= 0.6 is 31.9 Å². The maximum atomic E-state index is 11.7. The Labute approximate surface area is 314 Å². The second kappa shape index (κ2) is 16.1. The Balaban J connectivity index is 0.000000177. The Hall–Kier alpha value is -3.39. The van der Waals surface area contributed by atoms with Crippen molar-refractivity contribution in [2.24, 2.45) is 0 Å². The largest absolute Gasteiger partial charge is 0.504 e. The summed E-state index contributed by atoms with van der Waals surface area (Å²) in [6.07, 6.45) is 9.01. The number of ketones is 1. The first-order valence-electron chi connectivity index (χ1n) is 17.3. The van der Waals surface area contributed by atoms with Crippen LogP contribution < -0.4 is 9.47 Å². The van der Waals surface area contributed by atoms with Gasteiger partial charge in [0.15, 0.2) is 28.8 Å². The van der Waals surface area contributed by atoms with Crippen LogP contribution in [0.2, 0.25) is 0 Å². The molecule has 2 N–H and O–H groups in total. The van der Waals surface area contributed by atoms with E-state index in [9.17, 15) is 24.6 Å². The van der Waals surface area contributed by atoms with E-state index in [0.717, 1.165) is 71.4 Å². The predicted octanol–water partition coefficient (Wildman–Crippen LogP) is 6.15. The fourth-order valence-electron chi connectivity index (χ4n) is 8.17. The molecule has 0 saturated carbocycles. The van der Waals surface area contributed by atoms with E-state index in [-0.39, 0.29) is 29.4 Å². The van der Waals surface area contributed by atoms with Crippen LogP contribution in [0.5, 0.6) is 23.0 Å².